The van der Waals surface area contributed by atoms with Crippen molar-refractivity contribution in [3.8, 4) is 0 Å². The number of methoxy groups -OCH3 is 1. The summed E-state index contributed by atoms with van der Waals surface area (Å²) in [6, 6.07) is 8.08. The van der Waals surface area contributed by atoms with Crippen molar-refractivity contribution in [2.75, 3.05) is 14.2 Å². The Morgan fingerprint density at radius 1 is 1.30 bits per heavy atom. The first kappa shape index (κ1) is 15.0. The zero-order valence-corrected chi connectivity index (χ0v) is 12.4. The Balaban J connectivity index is 1.89. The van der Waals surface area contributed by atoms with Crippen LogP contribution in [0.2, 0.25) is 0 Å². The van der Waals surface area contributed by atoms with Gasteiger partial charge in [-0.1, -0.05) is 24.3 Å². The van der Waals surface area contributed by atoms with Gasteiger partial charge in [0.2, 0.25) is 5.91 Å². The van der Waals surface area contributed by atoms with Crippen LogP contribution >= 0.6 is 0 Å². The Bertz CT molecular complexity index is 447. The number of nitrogens with zero attached hydrogens (tertiary/aromatic N) is 1. The molecule has 1 aliphatic carbocycles. The Hall–Kier alpha value is -1.39. The Morgan fingerprint density at radius 2 is 1.90 bits per heavy atom. The van der Waals surface area contributed by atoms with E-state index >= 15 is 0 Å². The fourth-order valence-electron chi connectivity index (χ4n) is 2.58. The smallest absolute Gasteiger partial charge is 0.225 e. The number of amides is 1. The van der Waals surface area contributed by atoms with Crippen LogP contribution in [-0.4, -0.2) is 30.6 Å². The van der Waals surface area contributed by atoms with Gasteiger partial charge in [0.1, 0.15) is 0 Å². The van der Waals surface area contributed by atoms with E-state index in [-0.39, 0.29) is 11.5 Å². The van der Waals surface area contributed by atoms with Crippen LogP contribution in [0, 0.1) is 0 Å². The van der Waals surface area contributed by atoms with E-state index in [0.717, 1.165) is 30.4 Å². The maximum absolute atomic E-state index is 12.3. The number of hydrogen-bond donors (Lipinski definition) is 1. The summed E-state index contributed by atoms with van der Waals surface area (Å²) in [4.78, 5) is 14.0. The molecule has 1 aromatic carbocycles. The van der Waals surface area contributed by atoms with Crippen molar-refractivity contribution in [1.82, 2.24) is 4.90 Å². The van der Waals surface area contributed by atoms with Gasteiger partial charge < -0.3 is 15.4 Å². The van der Waals surface area contributed by atoms with Crippen LogP contribution in [0.4, 0.5) is 0 Å². The van der Waals surface area contributed by atoms with E-state index in [9.17, 15) is 4.79 Å². The monoisotopic (exact) mass is 276 g/mol. The molecule has 4 heteroatoms. The third-order valence-corrected chi connectivity index (χ3v) is 4.28. The van der Waals surface area contributed by atoms with Crippen molar-refractivity contribution in [1.29, 1.82) is 0 Å². The number of benzene rings is 1. The Morgan fingerprint density at radius 3 is 2.35 bits per heavy atom. The van der Waals surface area contributed by atoms with E-state index in [4.69, 9.17) is 10.5 Å². The SMILES string of the molecule is COC1(CC(=O)N(C)Cc2ccc(CN)cc2)CCC1. The summed E-state index contributed by atoms with van der Waals surface area (Å²) in [7, 11) is 3.55. The van der Waals surface area contributed by atoms with Crippen molar-refractivity contribution < 1.29 is 9.53 Å². The van der Waals surface area contributed by atoms with Crippen molar-refractivity contribution in [3.63, 3.8) is 0 Å². The summed E-state index contributed by atoms with van der Waals surface area (Å²) in [5.41, 5.74) is 7.61. The van der Waals surface area contributed by atoms with Crippen LogP contribution in [0.5, 0.6) is 0 Å². The summed E-state index contributed by atoms with van der Waals surface area (Å²) in [6.45, 7) is 1.18. The summed E-state index contributed by atoms with van der Waals surface area (Å²) < 4.78 is 5.51. The summed E-state index contributed by atoms with van der Waals surface area (Å²) in [5, 5.41) is 0. The molecule has 0 aliphatic heterocycles. The van der Waals surface area contributed by atoms with Gasteiger partial charge in [-0.3, -0.25) is 4.79 Å². The van der Waals surface area contributed by atoms with Gasteiger partial charge in [-0.15, -0.1) is 0 Å². The molecule has 4 nitrogen and oxygen atoms in total. The highest BCUT2D eigenvalue weighted by atomic mass is 16.5. The van der Waals surface area contributed by atoms with Gasteiger partial charge in [0.15, 0.2) is 0 Å². The molecular weight excluding hydrogens is 252 g/mol. The second kappa shape index (κ2) is 6.37. The molecule has 110 valence electrons. The first-order chi connectivity index (χ1) is 9.58. The van der Waals surface area contributed by atoms with Crippen LogP contribution in [-0.2, 0) is 22.6 Å². The van der Waals surface area contributed by atoms with E-state index in [1.807, 2.05) is 31.3 Å². The topological polar surface area (TPSA) is 55.6 Å². The number of nitrogens with two attached hydrogens (primary N) is 1. The lowest BCUT2D eigenvalue weighted by Gasteiger charge is -2.40. The minimum absolute atomic E-state index is 0.148. The maximum atomic E-state index is 12.3. The summed E-state index contributed by atoms with van der Waals surface area (Å²) in [6.07, 6.45) is 3.63. The summed E-state index contributed by atoms with van der Waals surface area (Å²) >= 11 is 0. The lowest BCUT2D eigenvalue weighted by atomic mass is 9.77. The second-order valence-corrected chi connectivity index (χ2v) is 5.69. The van der Waals surface area contributed by atoms with Gasteiger partial charge in [0.05, 0.1) is 12.0 Å². The average molecular weight is 276 g/mol. The standard InChI is InChI=1S/C16H24N2O2/c1-18(12-14-6-4-13(11-17)5-7-14)15(19)10-16(20-2)8-3-9-16/h4-7H,3,8-12,17H2,1-2H3. The van der Waals surface area contributed by atoms with Gasteiger partial charge in [-0.25, -0.2) is 0 Å². The molecule has 0 saturated heterocycles. The molecule has 2 N–H and O–H groups in total. The highest BCUT2D eigenvalue weighted by Crippen LogP contribution is 2.38. The fraction of sp³-hybridized carbons (Fsp3) is 0.562. The van der Waals surface area contributed by atoms with E-state index in [1.165, 1.54) is 0 Å². The van der Waals surface area contributed by atoms with Gasteiger partial charge in [0, 0.05) is 27.2 Å². The Kier molecular flexibility index (Phi) is 4.78. The average Bonchev–Trinajstić information content (AvgIpc) is 2.43. The minimum Gasteiger partial charge on any atom is -0.378 e. The van der Waals surface area contributed by atoms with Crippen molar-refractivity contribution in [3.05, 3.63) is 35.4 Å². The molecule has 0 spiro atoms. The van der Waals surface area contributed by atoms with Crippen LogP contribution in [0.1, 0.15) is 36.8 Å². The third kappa shape index (κ3) is 3.38. The molecule has 0 heterocycles. The van der Waals surface area contributed by atoms with Gasteiger partial charge >= 0.3 is 0 Å². The van der Waals surface area contributed by atoms with Crippen LogP contribution in [0.3, 0.4) is 0 Å². The Labute approximate surface area is 120 Å². The van der Waals surface area contributed by atoms with Crippen LogP contribution in [0.15, 0.2) is 24.3 Å². The molecule has 2 rings (SSSR count). The third-order valence-electron chi connectivity index (χ3n) is 4.28. The van der Waals surface area contributed by atoms with Gasteiger partial charge in [-0.05, 0) is 30.4 Å². The molecule has 0 atom stereocenters. The lowest BCUT2D eigenvalue weighted by Crippen LogP contribution is -2.44. The number of hydrogen-bond acceptors (Lipinski definition) is 3. The highest BCUT2D eigenvalue weighted by Gasteiger charge is 2.39. The van der Waals surface area contributed by atoms with E-state index < -0.39 is 0 Å². The van der Waals surface area contributed by atoms with Crippen molar-refractivity contribution in [2.45, 2.75) is 44.4 Å². The molecule has 1 aliphatic rings. The summed E-state index contributed by atoms with van der Waals surface area (Å²) in [5.74, 6) is 0.148. The predicted octanol–water partition coefficient (Wildman–Crippen LogP) is 2.06. The molecule has 0 radical (unpaired) electrons. The minimum atomic E-state index is -0.200. The number of ether oxygens (including phenoxy) is 1. The van der Waals surface area contributed by atoms with Gasteiger partial charge in [0.25, 0.3) is 0 Å². The molecular formula is C16H24N2O2. The first-order valence-corrected chi connectivity index (χ1v) is 7.15. The predicted molar refractivity (Wildman–Crippen MR) is 79.0 cm³/mol. The van der Waals surface area contributed by atoms with E-state index in [0.29, 0.717) is 19.5 Å². The number of carbonyl (C=O) groups is 1. The molecule has 1 aromatic rings. The normalized spacial score (nSPS) is 16.6. The van der Waals surface area contributed by atoms with Crippen LogP contribution < -0.4 is 5.73 Å². The van der Waals surface area contributed by atoms with E-state index in [1.54, 1.807) is 12.0 Å². The lowest BCUT2D eigenvalue weighted by molar-refractivity contribution is -0.143. The highest BCUT2D eigenvalue weighted by molar-refractivity contribution is 5.77. The maximum Gasteiger partial charge on any atom is 0.225 e. The largest absolute Gasteiger partial charge is 0.378 e. The molecule has 20 heavy (non-hydrogen) atoms. The number of carbonyl (C=O) groups excluding carboxylic acids is 1. The molecule has 0 bridgehead atoms. The zero-order chi connectivity index (χ0) is 14.6. The van der Waals surface area contributed by atoms with Crippen LogP contribution in [0.25, 0.3) is 0 Å². The molecule has 0 aromatic heterocycles. The molecule has 1 saturated carbocycles. The first-order valence-electron chi connectivity index (χ1n) is 7.15. The number of rotatable bonds is 6. The fourth-order valence-corrected chi connectivity index (χ4v) is 2.58. The molecule has 0 unspecified atom stereocenters. The van der Waals surface area contributed by atoms with Crippen molar-refractivity contribution >= 4 is 5.91 Å². The quantitative estimate of drug-likeness (QED) is 0.865. The van der Waals surface area contributed by atoms with Gasteiger partial charge in [-0.2, -0.15) is 0 Å². The zero-order valence-electron chi connectivity index (χ0n) is 12.4. The second-order valence-electron chi connectivity index (χ2n) is 5.69. The molecule has 1 fully saturated rings. The molecule has 1 amide bonds. The van der Waals surface area contributed by atoms with E-state index in [2.05, 4.69) is 0 Å². The van der Waals surface area contributed by atoms with Crippen molar-refractivity contribution in [2.24, 2.45) is 5.73 Å².